The van der Waals surface area contributed by atoms with Crippen LogP contribution in [0, 0.1) is 0 Å². The second kappa shape index (κ2) is 9.34. The van der Waals surface area contributed by atoms with Crippen LogP contribution >= 0.6 is 7.26 Å². The summed E-state index contributed by atoms with van der Waals surface area (Å²) in [7, 11) is 0.883. The van der Waals surface area contributed by atoms with Crippen molar-refractivity contribution in [2.24, 2.45) is 0 Å². The van der Waals surface area contributed by atoms with Crippen LogP contribution in [-0.4, -0.2) is 26.4 Å². The molecule has 0 aliphatic carbocycles. The van der Waals surface area contributed by atoms with Crippen LogP contribution in [0.5, 0.6) is 0 Å². The Morgan fingerprint density at radius 2 is 1.11 bits per heavy atom. The molecule has 0 fully saturated rings. The van der Waals surface area contributed by atoms with Crippen molar-refractivity contribution in [1.29, 1.82) is 0 Å². The van der Waals surface area contributed by atoms with Crippen LogP contribution < -0.4 is 15.9 Å². The Morgan fingerprint density at radius 1 is 0.714 bits per heavy atom. The molecule has 0 atom stereocenters. The molecular weight excluding hydrogens is 367 g/mol. The van der Waals surface area contributed by atoms with Crippen LogP contribution in [0.4, 0.5) is 0 Å². The van der Waals surface area contributed by atoms with Crippen LogP contribution in [0.2, 0.25) is 0 Å². The molecule has 28 heavy (non-hydrogen) atoms. The highest BCUT2D eigenvalue weighted by atomic mass is 31.2. The van der Waals surface area contributed by atoms with Gasteiger partial charge in [0.1, 0.15) is 35.1 Å². The maximum Gasteiger partial charge on any atom is 0.334 e. The van der Waals surface area contributed by atoms with Crippen molar-refractivity contribution in [3.05, 3.63) is 103 Å². The maximum atomic E-state index is 11.9. The largest absolute Gasteiger partial charge is 0.497 e. The molecule has 0 aliphatic rings. The Morgan fingerprint density at radius 3 is 1.43 bits per heavy atom. The molecule has 0 amide bonds. The number of allylic oxidation sites excluding steroid dienone is 1. The minimum absolute atomic E-state index is 0.413. The van der Waals surface area contributed by atoms with Gasteiger partial charge in [-0.15, -0.1) is 0 Å². The van der Waals surface area contributed by atoms with Crippen LogP contribution in [0.15, 0.2) is 103 Å². The van der Waals surface area contributed by atoms with Crippen molar-refractivity contribution < 1.29 is 14.3 Å². The van der Waals surface area contributed by atoms with Gasteiger partial charge in [-0.1, -0.05) is 54.6 Å². The minimum atomic E-state index is -2.09. The van der Waals surface area contributed by atoms with Gasteiger partial charge in [0.15, 0.2) is 0 Å². The van der Waals surface area contributed by atoms with Gasteiger partial charge >= 0.3 is 5.97 Å². The Hall–Kier alpha value is -2.90. The SMILES string of the molecule is COC(=O)C=C(C[P+](c1ccccc1)(c1ccccc1)c1ccccc1)OC. The van der Waals surface area contributed by atoms with Gasteiger partial charge in [-0.05, 0) is 36.4 Å². The number of rotatable bonds is 7. The fourth-order valence-electron chi connectivity index (χ4n) is 3.36. The van der Waals surface area contributed by atoms with Gasteiger partial charge in [0.2, 0.25) is 0 Å². The van der Waals surface area contributed by atoms with Crippen molar-refractivity contribution in [3.8, 4) is 0 Å². The zero-order valence-corrected chi connectivity index (χ0v) is 17.0. The molecule has 4 heteroatoms. The predicted molar refractivity (Wildman–Crippen MR) is 117 cm³/mol. The number of benzene rings is 3. The van der Waals surface area contributed by atoms with E-state index in [4.69, 9.17) is 9.47 Å². The van der Waals surface area contributed by atoms with Crippen molar-refractivity contribution in [2.75, 3.05) is 20.4 Å². The summed E-state index contributed by atoms with van der Waals surface area (Å²) >= 11 is 0. The Kier molecular flexibility index (Phi) is 6.62. The topological polar surface area (TPSA) is 35.5 Å². The smallest absolute Gasteiger partial charge is 0.334 e. The second-order valence-corrected chi connectivity index (χ2v) is 9.80. The van der Waals surface area contributed by atoms with E-state index in [9.17, 15) is 4.79 Å². The van der Waals surface area contributed by atoms with Crippen LogP contribution in [0.25, 0.3) is 0 Å². The van der Waals surface area contributed by atoms with Gasteiger partial charge in [0, 0.05) is 0 Å². The molecule has 0 heterocycles. The van der Waals surface area contributed by atoms with Crippen molar-refractivity contribution in [1.82, 2.24) is 0 Å². The monoisotopic (exact) mass is 391 g/mol. The number of ether oxygens (including phenoxy) is 2. The molecule has 0 radical (unpaired) electrons. The minimum Gasteiger partial charge on any atom is -0.497 e. The molecule has 3 aromatic rings. The molecule has 0 saturated carbocycles. The third-order valence-electron chi connectivity index (χ3n) is 4.73. The summed E-state index contributed by atoms with van der Waals surface area (Å²) in [6, 6.07) is 31.4. The molecule has 0 aromatic heterocycles. The van der Waals surface area contributed by atoms with E-state index in [0.717, 1.165) is 0 Å². The molecule has 3 nitrogen and oxygen atoms in total. The lowest BCUT2D eigenvalue weighted by molar-refractivity contribution is -0.135. The predicted octanol–water partition coefficient (Wildman–Crippen LogP) is 3.68. The number of carbonyl (C=O) groups excluding carboxylic acids is 1. The fraction of sp³-hybridized carbons (Fsp3) is 0.125. The van der Waals surface area contributed by atoms with E-state index >= 15 is 0 Å². The summed E-state index contributed by atoms with van der Waals surface area (Å²) in [5.41, 5.74) is 0. The lowest BCUT2D eigenvalue weighted by atomic mass is 10.3. The highest BCUT2D eigenvalue weighted by Crippen LogP contribution is 2.56. The first-order valence-electron chi connectivity index (χ1n) is 9.08. The first kappa shape index (κ1) is 19.9. The fourth-order valence-corrected chi connectivity index (χ4v) is 7.54. The molecule has 0 spiro atoms. The summed E-state index contributed by atoms with van der Waals surface area (Å²) in [4.78, 5) is 11.9. The number of hydrogen-bond donors (Lipinski definition) is 0. The summed E-state index contributed by atoms with van der Waals surface area (Å²) < 4.78 is 10.5. The van der Waals surface area contributed by atoms with Crippen LogP contribution in [-0.2, 0) is 14.3 Å². The number of esters is 1. The third kappa shape index (κ3) is 4.16. The van der Waals surface area contributed by atoms with E-state index in [1.54, 1.807) is 7.11 Å². The molecule has 0 unspecified atom stereocenters. The molecule has 0 aliphatic heterocycles. The van der Waals surface area contributed by atoms with Gasteiger partial charge in [-0.25, -0.2) is 4.79 Å². The van der Waals surface area contributed by atoms with Crippen molar-refractivity contribution in [3.63, 3.8) is 0 Å². The average Bonchev–Trinajstić information content (AvgIpc) is 2.78. The van der Waals surface area contributed by atoms with E-state index < -0.39 is 13.2 Å². The van der Waals surface area contributed by atoms with E-state index in [-0.39, 0.29) is 0 Å². The first-order chi connectivity index (χ1) is 13.7. The molecular formula is C24H24O3P+. The van der Waals surface area contributed by atoms with Gasteiger partial charge in [0.05, 0.1) is 20.3 Å². The molecule has 0 N–H and O–H groups in total. The lowest BCUT2D eigenvalue weighted by Gasteiger charge is -2.28. The highest BCUT2D eigenvalue weighted by Gasteiger charge is 2.46. The van der Waals surface area contributed by atoms with Gasteiger partial charge < -0.3 is 9.47 Å². The number of carbonyl (C=O) groups is 1. The number of hydrogen-bond acceptors (Lipinski definition) is 3. The van der Waals surface area contributed by atoms with Crippen LogP contribution in [0.3, 0.4) is 0 Å². The molecule has 3 rings (SSSR count). The maximum absolute atomic E-state index is 11.9. The Bertz CT molecular complexity index is 825. The Balaban J connectivity index is 2.28. The van der Waals surface area contributed by atoms with Crippen molar-refractivity contribution >= 4 is 29.1 Å². The molecule has 0 bridgehead atoms. The van der Waals surface area contributed by atoms with Crippen molar-refractivity contribution in [2.45, 2.75) is 0 Å². The van der Waals surface area contributed by atoms with E-state index in [2.05, 4.69) is 72.8 Å². The summed E-state index contributed by atoms with van der Waals surface area (Å²) in [5.74, 6) is 0.195. The zero-order chi connectivity index (χ0) is 19.8. The lowest BCUT2D eigenvalue weighted by Crippen LogP contribution is -2.34. The third-order valence-corrected chi connectivity index (χ3v) is 9.05. The summed E-state index contributed by atoms with van der Waals surface area (Å²) in [6.07, 6.45) is 2.04. The van der Waals surface area contributed by atoms with Crippen LogP contribution in [0.1, 0.15) is 0 Å². The normalized spacial score (nSPS) is 11.7. The number of methoxy groups -OCH3 is 2. The van der Waals surface area contributed by atoms with Gasteiger partial charge in [0.25, 0.3) is 0 Å². The van der Waals surface area contributed by atoms with E-state index in [1.165, 1.54) is 29.1 Å². The molecule has 0 saturated heterocycles. The van der Waals surface area contributed by atoms with E-state index in [1.807, 2.05) is 18.2 Å². The Labute approximate surface area is 167 Å². The van der Waals surface area contributed by atoms with E-state index in [0.29, 0.717) is 11.9 Å². The second-order valence-electron chi connectivity index (χ2n) is 6.31. The highest BCUT2D eigenvalue weighted by molar-refractivity contribution is 7.95. The molecule has 142 valence electrons. The van der Waals surface area contributed by atoms with Gasteiger partial charge in [-0.3, -0.25) is 0 Å². The summed E-state index contributed by atoms with van der Waals surface area (Å²) in [5, 5.41) is 3.71. The average molecular weight is 391 g/mol. The van der Waals surface area contributed by atoms with Gasteiger partial charge in [-0.2, -0.15) is 0 Å². The molecule has 3 aromatic carbocycles. The quantitative estimate of drug-likeness (QED) is 0.267. The zero-order valence-electron chi connectivity index (χ0n) is 16.1. The first-order valence-corrected chi connectivity index (χ1v) is 11.1. The summed E-state index contributed by atoms with van der Waals surface area (Å²) in [6.45, 7) is 0. The standard InChI is InChI=1S/C24H24O3P/c1-26-20(18-24(25)27-2)19-28(21-12-6-3-7-13-21,22-14-8-4-9-15-22)23-16-10-5-11-17-23/h3-18H,19H2,1-2H3/q+1.